The van der Waals surface area contributed by atoms with Crippen LogP contribution in [0.25, 0.3) is 11.0 Å². The van der Waals surface area contributed by atoms with Crippen LogP contribution >= 0.6 is 0 Å². The number of aromatic nitrogens is 3. The molecule has 114 valence electrons. The number of nitrogen functional groups attached to an aromatic ring is 1. The van der Waals surface area contributed by atoms with E-state index in [9.17, 15) is 9.50 Å². The largest absolute Gasteiger partial charge is 0.480 e. The molecule has 1 aliphatic rings. The van der Waals surface area contributed by atoms with Crippen LogP contribution in [0, 0.1) is 0 Å². The first-order valence-corrected chi connectivity index (χ1v) is 6.33. The highest BCUT2D eigenvalue weighted by Crippen LogP contribution is 2.35. The van der Waals surface area contributed by atoms with Gasteiger partial charge in [-0.05, 0) is 6.07 Å². The third kappa shape index (κ3) is 2.09. The van der Waals surface area contributed by atoms with Gasteiger partial charge in [-0.3, -0.25) is 0 Å². The summed E-state index contributed by atoms with van der Waals surface area (Å²) in [4.78, 5) is 8.01. The molecule has 3 heterocycles. The van der Waals surface area contributed by atoms with Crippen LogP contribution in [0.5, 0.6) is 5.88 Å². The second-order valence-electron chi connectivity index (χ2n) is 4.73. The summed E-state index contributed by atoms with van der Waals surface area (Å²) < 4.78 is 25.7. The lowest BCUT2D eigenvalue weighted by Gasteiger charge is -2.17. The van der Waals surface area contributed by atoms with E-state index in [-0.39, 0.29) is 11.8 Å². The van der Waals surface area contributed by atoms with Crippen molar-refractivity contribution in [2.45, 2.75) is 24.6 Å². The number of alkyl halides is 1. The lowest BCUT2D eigenvalue weighted by atomic mass is 10.1. The second-order valence-corrected chi connectivity index (χ2v) is 4.73. The van der Waals surface area contributed by atoms with Crippen molar-refractivity contribution >= 4 is 17.0 Å². The van der Waals surface area contributed by atoms with E-state index in [1.54, 1.807) is 12.3 Å². The SMILES string of the molecule is COc1nc(N)nc2c1ccn2[C@@H]1O[C@H](CO)[C@@H](F)[C@H]1O. The standard InChI is InChI=1S/C12H15FN4O4/c1-20-10-5-2-3-17(9(5)15-12(14)16-10)11-8(19)7(13)6(4-18)21-11/h2-3,6-8,11,18-19H,4H2,1H3,(H2,14,15,16)/t6-,7-,8-,11-/m1/s1. The molecule has 0 saturated carbocycles. The molecule has 8 nitrogen and oxygen atoms in total. The summed E-state index contributed by atoms with van der Waals surface area (Å²) in [6.45, 7) is -0.519. The quantitative estimate of drug-likeness (QED) is 0.706. The van der Waals surface area contributed by atoms with Crippen LogP contribution in [0.4, 0.5) is 10.3 Å². The summed E-state index contributed by atoms with van der Waals surface area (Å²) in [7, 11) is 1.44. The number of methoxy groups -OCH3 is 1. The number of hydrogen-bond acceptors (Lipinski definition) is 7. The van der Waals surface area contributed by atoms with E-state index < -0.39 is 31.2 Å². The molecule has 0 bridgehead atoms. The Hall–Kier alpha value is -1.97. The first-order valence-electron chi connectivity index (χ1n) is 6.33. The average Bonchev–Trinajstić information content (AvgIpc) is 3.01. The fourth-order valence-electron chi connectivity index (χ4n) is 2.47. The van der Waals surface area contributed by atoms with E-state index >= 15 is 0 Å². The molecule has 1 aliphatic heterocycles. The highest BCUT2D eigenvalue weighted by atomic mass is 19.1. The highest BCUT2D eigenvalue weighted by Gasteiger charge is 2.45. The van der Waals surface area contributed by atoms with Crippen LogP contribution in [-0.4, -0.2) is 56.8 Å². The Morgan fingerprint density at radius 3 is 2.90 bits per heavy atom. The van der Waals surface area contributed by atoms with E-state index in [4.69, 9.17) is 20.3 Å². The molecular weight excluding hydrogens is 283 g/mol. The molecule has 4 atom stereocenters. The molecule has 1 fully saturated rings. The number of anilines is 1. The molecule has 9 heteroatoms. The van der Waals surface area contributed by atoms with Crippen molar-refractivity contribution in [3.05, 3.63) is 12.3 Å². The average molecular weight is 298 g/mol. The first kappa shape index (κ1) is 14.0. The molecule has 0 unspecified atom stereocenters. The fourth-order valence-corrected chi connectivity index (χ4v) is 2.47. The highest BCUT2D eigenvalue weighted by molar-refractivity contribution is 5.82. The first-order chi connectivity index (χ1) is 10.1. The van der Waals surface area contributed by atoms with Crippen LogP contribution < -0.4 is 10.5 Å². The zero-order valence-corrected chi connectivity index (χ0v) is 11.2. The minimum absolute atomic E-state index is 0.0118. The predicted molar refractivity (Wildman–Crippen MR) is 70.4 cm³/mol. The molecule has 0 radical (unpaired) electrons. The topological polar surface area (TPSA) is 116 Å². The van der Waals surface area contributed by atoms with E-state index in [0.29, 0.717) is 11.0 Å². The van der Waals surface area contributed by atoms with Gasteiger partial charge in [0.15, 0.2) is 18.0 Å². The number of rotatable bonds is 3. The molecule has 0 aliphatic carbocycles. The van der Waals surface area contributed by atoms with E-state index in [1.165, 1.54) is 11.7 Å². The Morgan fingerprint density at radius 1 is 1.52 bits per heavy atom. The van der Waals surface area contributed by atoms with E-state index in [2.05, 4.69) is 9.97 Å². The Labute approximate surface area is 118 Å². The minimum Gasteiger partial charge on any atom is -0.480 e. The van der Waals surface area contributed by atoms with Crippen molar-refractivity contribution in [2.75, 3.05) is 19.5 Å². The Morgan fingerprint density at radius 2 is 2.29 bits per heavy atom. The normalized spacial score (nSPS) is 29.1. The third-order valence-electron chi connectivity index (χ3n) is 3.49. The summed E-state index contributed by atoms with van der Waals surface area (Å²) >= 11 is 0. The second kappa shape index (κ2) is 5.10. The number of ether oxygens (including phenoxy) is 2. The Kier molecular flexibility index (Phi) is 3.40. The van der Waals surface area contributed by atoms with Crippen molar-refractivity contribution in [1.82, 2.24) is 14.5 Å². The van der Waals surface area contributed by atoms with Gasteiger partial charge in [0.05, 0.1) is 19.1 Å². The van der Waals surface area contributed by atoms with Crippen molar-refractivity contribution in [1.29, 1.82) is 0 Å². The fraction of sp³-hybridized carbons (Fsp3) is 0.500. The number of nitrogens with zero attached hydrogens (tertiary/aromatic N) is 3. The van der Waals surface area contributed by atoms with Gasteiger partial charge in [0.25, 0.3) is 0 Å². The Balaban J connectivity index is 2.07. The molecule has 21 heavy (non-hydrogen) atoms. The molecule has 0 spiro atoms. The summed E-state index contributed by atoms with van der Waals surface area (Å²) in [5.74, 6) is 0.265. The van der Waals surface area contributed by atoms with Crippen LogP contribution in [-0.2, 0) is 4.74 Å². The summed E-state index contributed by atoms with van der Waals surface area (Å²) in [6.07, 6.45) is -3.61. The summed E-state index contributed by atoms with van der Waals surface area (Å²) in [5.41, 5.74) is 5.97. The number of aliphatic hydroxyl groups excluding tert-OH is 2. The molecule has 2 aromatic rings. The number of hydrogen-bond donors (Lipinski definition) is 3. The number of aliphatic hydroxyl groups is 2. The summed E-state index contributed by atoms with van der Waals surface area (Å²) in [6, 6.07) is 1.66. The van der Waals surface area contributed by atoms with Gasteiger partial charge in [-0.2, -0.15) is 9.97 Å². The molecule has 0 aromatic carbocycles. The smallest absolute Gasteiger partial charge is 0.227 e. The minimum atomic E-state index is -1.68. The van der Waals surface area contributed by atoms with Gasteiger partial charge in [0.1, 0.15) is 12.2 Å². The maximum absolute atomic E-state index is 13.8. The van der Waals surface area contributed by atoms with Crippen molar-refractivity contribution < 1.29 is 24.1 Å². The van der Waals surface area contributed by atoms with Crippen molar-refractivity contribution in [3.8, 4) is 5.88 Å². The van der Waals surface area contributed by atoms with Gasteiger partial charge in [-0.15, -0.1) is 0 Å². The monoisotopic (exact) mass is 298 g/mol. The van der Waals surface area contributed by atoms with Gasteiger partial charge in [-0.1, -0.05) is 0 Å². The number of fused-ring (bicyclic) bond motifs is 1. The zero-order valence-electron chi connectivity index (χ0n) is 11.2. The van der Waals surface area contributed by atoms with Crippen molar-refractivity contribution in [2.24, 2.45) is 0 Å². The maximum Gasteiger partial charge on any atom is 0.227 e. The molecule has 3 rings (SSSR count). The number of nitrogens with two attached hydrogens (primary N) is 1. The van der Waals surface area contributed by atoms with Gasteiger partial charge >= 0.3 is 0 Å². The maximum atomic E-state index is 13.8. The van der Waals surface area contributed by atoms with E-state index in [0.717, 1.165) is 0 Å². The van der Waals surface area contributed by atoms with Gasteiger partial charge in [0, 0.05) is 6.20 Å². The van der Waals surface area contributed by atoms with Crippen LogP contribution in [0.15, 0.2) is 12.3 Å². The van der Waals surface area contributed by atoms with Crippen molar-refractivity contribution in [3.63, 3.8) is 0 Å². The zero-order chi connectivity index (χ0) is 15.1. The molecular formula is C12H15FN4O4. The lowest BCUT2D eigenvalue weighted by molar-refractivity contribution is -0.0492. The molecule has 1 saturated heterocycles. The molecule has 0 amide bonds. The Bertz CT molecular complexity index is 664. The lowest BCUT2D eigenvalue weighted by Crippen LogP contribution is -2.29. The van der Waals surface area contributed by atoms with Crippen LogP contribution in [0.3, 0.4) is 0 Å². The van der Waals surface area contributed by atoms with Crippen LogP contribution in [0.2, 0.25) is 0 Å². The van der Waals surface area contributed by atoms with E-state index in [1.807, 2.05) is 0 Å². The predicted octanol–water partition coefficient (Wildman–Crippen LogP) is -0.389. The molecule has 4 N–H and O–H groups in total. The molecule has 2 aromatic heterocycles. The summed E-state index contributed by atoms with van der Waals surface area (Å²) in [5, 5.41) is 19.6. The third-order valence-corrected chi connectivity index (χ3v) is 3.49. The van der Waals surface area contributed by atoms with Gasteiger partial charge in [0.2, 0.25) is 11.8 Å². The van der Waals surface area contributed by atoms with Gasteiger partial charge in [-0.25, -0.2) is 4.39 Å². The van der Waals surface area contributed by atoms with Gasteiger partial charge < -0.3 is 30.0 Å². The van der Waals surface area contributed by atoms with Crippen LogP contribution in [0.1, 0.15) is 6.23 Å². The number of halogens is 1.